The molecule has 0 aliphatic heterocycles. The van der Waals surface area contributed by atoms with Crippen molar-refractivity contribution in [3.05, 3.63) is 11.9 Å². The molecule has 0 radical (unpaired) electrons. The van der Waals surface area contributed by atoms with Gasteiger partial charge in [0.2, 0.25) is 0 Å². The summed E-state index contributed by atoms with van der Waals surface area (Å²) < 4.78 is 0. The fourth-order valence-corrected chi connectivity index (χ4v) is 1.94. The maximum absolute atomic E-state index is 11.8. The van der Waals surface area contributed by atoms with Crippen molar-refractivity contribution in [2.75, 3.05) is 7.05 Å². The largest absolute Gasteiger partial charge is 0.337 e. The third-order valence-electron chi connectivity index (χ3n) is 2.83. The van der Waals surface area contributed by atoms with Crippen molar-refractivity contribution < 1.29 is 4.79 Å². The van der Waals surface area contributed by atoms with Gasteiger partial charge in [-0.05, 0) is 12.8 Å². The SMILES string of the molecule is CN(C(=O)c1cn[nH]n1)C1CCCC1. The highest BCUT2D eigenvalue weighted by Crippen LogP contribution is 2.23. The number of carbonyl (C=O) groups excluding carboxylic acids is 1. The minimum absolute atomic E-state index is 0.0364. The number of aromatic nitrogens is 3. The molecule has 14 heavy (non-hydrogen) atoms. The van der Waals surface area contributed by atoms with E-state index in [4.69, 9.17) is 0 Å². The second-order valence-electron chi connectivity index (χ2n) is 3.71. The summed E-state index contributed by atoms with van der Waals surface area (Å²) in [7, 11) is 1.84. The maximum Gasteiger partial charge on any atom is 0.276 e. The monoisotopic (exact) mass is 194 g/mol. The number of amides is 1. The Morgan fingerprint density at radius 1 is 1.57 bits per heavy atom. The average Bonchev–Trinajstić information content (AvgIpc) is 2.87. The van der Waals surface area contributed by atoms with Crippen LogP contribution >= 0.6 is 0 Å². The van der Waals surface area contributed by atoms with Gasteiger partial charge in [0.15, 0.2) is 5.69 Å². The molecule has 76 valence electrons. The summed E-state index contributed by atoms with van der Waals surface area (Å²) in [6.45, 7) is 0. The quantitative estimate of drug-likeness (QED) is 0.758. The van der Waals surface area contributed by atoms with Crippen LogP contribution in [0, 0.1) is 0 Å². The Morgan fingerprint density at radius 2 is 2.29 bits per heavy atom. The second-order valence-corrected chi connectivity index (χ2v) is 3.71. The van der Waals surface area contributed by atoms with Crippen molar-refractivity contribution in [3.63, 3.8) is 0 Å². The third-order valence-corrected chi connectivity index (χ3v) is 2.83. The predicted octanol–water partition coefficient (Wildman–Crippen LogP) is 0.819. The molecule has 1 fully saturated rings. The fourth-order valence-electron chi connectivity index (χ4n) is 1.94. The van der Waals surface area contributed by atoms with Gasteiger partial charge in [0, 0.05) is 13.1 Å². The Kier molecular flexibility index (Phi) is 2.47. The van der Waals surface area contributed by atoms with Crippen LogP contribution in [-0.2, 0) is 0 Å². The lowest BCUT2D eigenvalue weighted by Crippen LogP contribution is -2.35. The Morgan fingerprint density at radius 3 is 2.86 bits per heavy atom. The van der Waals surface area contributed by atoms with Crippen LogP contribution in [0.3, 0.4) is 0 Å². The van der Waals surface area contributed by atoms with E-state index < -0.39 is 0 Å². The number of rotatable bonds is 2. The summed E-state index contributed by atoms with van der Waals surface area (Å²) in [6.07, 6.45) is 6.14. The summed E-state index contributed by atoms with van der Waals surface area (Å²) in [6, 6.07) is 0.388. The molecule has 1 aliphatic rings. The molecule has 1 aromatic rings. The number of hydrogen-bond donors (Lipinski definition) is 1. The van der Waals surface area contributed by atoms with E-state index >= 15 is 0 Å². The van der Waals surface area contributed by atoms with Gasteiger partial charge in [0.25, 0.3) is 5.91 Å². The van der Waals surface area contributed by atoms with Crippen molar-refractivity contribution in [1.82, 2.24) is 20.3 Å². The summed E-state index contributed by atoms with van der Waals surface area (Å²) in [5.41, 5.74) is 0.402. The zero-order chi connectivity index (χ0) is 9.97. The molecule has 0 spiro atoms. The van der Waals surface area contributed by atoms with Crippen LogP contribution in [0.1, 0.15) is 36.2 Å². The smallest absolute Gasteiger partial charge is 0.276 e. The van der Waals surface area contributed by atoms with E-state index in [2.05, 4.69) is 15.4 Å². The third kappa shape index (κ3) is 1.62. The van der Waals surface area contributed by atoms with Crippen molar-refractivity contribution in [2.24, 2.45) is 0 Å². The lowest BCUT2D eigenvalue weighted by Gasteiger charge is -2.22. The molecule has 2 rings (SSSR count). The molecule has 5 heteroatoms. The van der Waals surface area contributed by atoms with E-state index in [9.17, 15) is 4.79 Å². The molecule has 0 atom stereocenters. The number of hydrogen-bond acceptors (Lipinski definition) is 3. The van der Waals surface area contributed by atoms with Crippen molar-refractivity contribution in [1.29, 1.82) is 0 Å². The van der Waals surface area contributed by atoms with Crippen LogP contribution in [0.15, 0.2) is 6.20 Å². The molecule has 0 aromatic carbocycles. The van der Waals surface area contributed by atoms with Gasteiger partial charge in [-0.3, -0.25) is 4.79 Å². The molecule has 0 saturated heterocycles. The van der Waals surface area contributed by atoms with E-state index in [0.29, 0.717) is 11.7 Å². The summed E-state index contributed by atoms with van der Waals surface area (Å²) in [5, 5.41) is 9.86. The Balaban J connectivity index is 2.04. The highest BCUT2D eigenvalue weighted by molar-refractivity contribution is 5.91. The number of nitrogens with zero attached hydrogens (tertiary/aromatic N) is 3. The normalized spacial score (nSPS) is 17.2. The van der Waals surface area contributed by atoms with Crippen LogP contribution in [0.5, 0.6) is 0 Å². The number of carbonyl (C=O) groups is 1. The maximum atomic E-state index is 11.8. The zero-order valence-corrected chi connectivity index (χ0v) is 8.23. The average molecular weight is 194 g/mol. The van der Waals surface area contributed by atoms with Crippen LogP contribution in [0.2, 0.25) is 0 Å². The topological polar surface area (TPSA) is 61.9 Å². The van der Waals surface area contributed by atoms with E-state index in [-0.39, 0.29) is 5.91 Å². The highest BCUT2D eigenvalue weighted by atomic mass is 16.2. The molecule has 1 heterocycles. The van der Waals surface area contributed by atoms with Crippen molar-refractivity contribution in [3.8, 4) is 0 Å². The van der Waals surface area contributed by atoms with Gasteiger partial charge in [-0.15, -0.1) is 0 Å². The molecule has 0 unspecified atom stereocenters. The molecular weight excluding hydrogens is 180 g/mol. The summed E-state index contributed by atoms with van der Waals surface area (Å²) in [4.78, 5) is 13.6. The lowest BCUT2D eigenvalue weighted by molar-refractivity contribution is 0.0729. The zero-order valence-electron chi connectivity index (χ0n) is 8.23. The first-order valence-electron chi connectivity index (χ1n) is 4.92. The molecule has 1 saturated carbocycles. The van der Waals surface area contributed by atoms with Gasteiger partial charge in [-0.25, -0.2) is 0 Å². The molecule has 1 aliphatic carbocycles. The molecule has 1 N–H and O–H groups in total. The van der Waals surface area contributed by atoms with Gasteiger partial charge in [0.05, 0.1) is 6.20 Å². The van der Waals surface area contributed by atoms with Crippen molar-refractivity contribution in [2.45, 2.75) is 31.7 Å². The van der Waals surface area contributed by atoms with E-state index in [1.54, 1.807) is 4.90 Å². The number of nitrogens with one attached hydrogen (secondary N) is 1. The lowest BCUT2D eigenvalue weighted by atomic mass is 10.2. The van der Waals surface area contributed by atoms with Crippen LogP contribution in [0.25, 0.3) is 0 Å². The highest BCUT2D eigenvalue weighted by Gasteiger charge is 2.25. The Bertz CT molecular complexity index is 303. The Labute approximate surface area is 82.5 Å². The molecular formula is C9H14N4O. The minimum Gasteiger partial charge on any atom is -0.337 e. The summed E-state index contributed by atoms with van der Waals surface area (Å²) >= 11 is 0. The second kappa shape index (κ2) is 3.77. The van der Waals surface area contributed by atoms with Gasteiger partial charge in [-0.2, -0.15) is 15.4 Å². The van der Waals surface area contributed by atoms with E-state index in [1.807, 2.05) is 7.05 Å². The first-order chi connectivity index (χ1) is 6.79. The van der Waals surface area contributed by atoms with Crippen molar-refractivity contribution >= 4 is 5.91 Å². The minimum atomic E-state index is -0.0364. The molecule has 0 bridgehead atoms. The first-order valence-corrected chi connectivity index (χ1v) is 4.92. The summed E-state index contributed by atoms with van der Waals surface area (Å²) in [5.74, 6) is -0.0364. The predicted molar refractivity (Wildman–Crippen MR) is 50.7 cm³/mol. The van der Waals surface area contributed by atoms with E-state index in [0.717, 1.165) is 12.8 Å². The van der Waals surface area contributed by atoms with Crippen LogP contribution in [-0.4, -0.2) is 39.3 Å². The van der Waals surface area contributed by atoms with Gasteiger partial charge >= 0.3 is 0 Å². The van der Waals surface area contributed by atoms with Gasteiger partial charge in [-0.1, -0.05) is 12.8 Å². The van der Waals surface area contributed by atoms with Crippen LogP contribution < -0.4 is 0 Å². The number of aromatic amines is 1. The molecule has 5 nitrogen and oxygen atoms in total. The molecule has 1 aromatic heterocycles. The molecule has 1 amide bonds. The fraction of sp³-hybridized carbons (Fsp3) is 0.667. The standard InChI is InChI=1S/C9H14N4O/c1-13(7-4-2-3-5-7)9(14)8-6-10-12-11-8/h6-7H,2-5H2,1H3,(H,10,11,12). The number of H-pyrrole nitrogens is 1. The van der Waals surface area contributed by atoms with E-state index in [1.165, 1.54) is 19.0 Å². The van der Waals surface area contributed by atoms with Gasteiger partial charge in [0.1, 0.15) is 0 Å². The van der Waals surface area contributed by atoms with Gasteiger partial charge < -0.3 is 4.90 Å². The van der Waals surface area contributed by atoms with Crippen LogP contribution in [0.4, 0.5) is 0 Å². The Hall–Kier alpha value is -1.39. The first kappa shape index (κ1) is 9.18.